The summed E-state index contributed by atoms with van der Waals surface area (Å²) in [6.45, 7) is 7.82. The number of aliphatic hydroxyl groups is 1. The van der Waals surface area contributed by atoms with Crippen molar-refractivity contribution in [3.05, 3.63) is 0 Å². The molecule has 0 aliphatic carbocycles. The first kappa shape index (κ1) is 15.7. The van der Waals surface area contributed by atoms with Crippen LogP contribution in [-0.2, 0) is 9.53 Å². The number of amides is 1. The largest absolute Gasteiger partial charge is 0.480 e. The Morgan fingerprint density at radius 1 is 1.29 bits per heavy atom. The summed E-state index contributed by atoms with van der Waals surface area (Å²) in [5.41, 5.74) is -2.25. The molecular weight excluding hydrogens is 226 g/mol. The maximum Gasteiger partial charge on any atom is 0.408 e. The number of ether oxygens (including phenoxy) is 1. The average molecular weight is 247 g/mol. The second-order valence-electron chi connectivity index (χ2n) is 5.32. The Kier molecular flexibility index (Phi) is 4.94. The molecule has 6 nitrogen and oxygen atoms in total. The molecule has 0 rings (SSSR count). The quantitative estimate of drug-likeness (QED) is 0.692. The number of carboxylic acid groups (broad SMARTS) is 1. The van der Waals surface area contributed by atoms with Gasteiger partial charge in [-0.2, -0.15) is 0 Å². The van der Waals surface area contributed by atoms with E-state index in [1.54, 1.807) is 20.8 Å². The fourth-order valence-electron chi connectivity index (χ4n) is 1.31. The Morgan fingerprint density at radius 3 is 2.06 bits per heavy atom. The van der Waals surface area contributed by atoms with Crippen molar-refractivity contribution in [2.45, 2.75) is 58.3 Å². The van der Waals surface area contributed by atoms with E-state index in [0.717, 1.165) is 0 Å². The molecule has 0 aromatic carbocycles. The zero-order chi connectivity index (χ0) is 13.9. The van der Waals surface area contributed by atoms with Crippen LogP contribution >= 0.6 is 0 Å². The van der Waals surface area contributed by atoms with Crippen LogP contribution in [0.25, 0.3) is 0 Å². The zero-order valence-electron chi connectivity index (χ0n) is 10.9. The lowest BCUT2D eigenvalue weighted by Gasteiger charge is -2.29. The third-order valence-corrected chi connectivity index (χ3v) is 1.95. The summed E-state index contributed by atoms with van der Waals surface area (Å²) in [5, 5.41) is 20.5. The van der Waals surface area contributed by atoms with Gasteiger partial charge in [-0.05, 0) is 34.6 Å². The highest BCUT2D eigenvalue weighted by Gasteiger charge is 2.37. The monoisotopic (exact) mass is 247 g/mol. The third kappa shape index (κ3) is 6.11. The number of carbonyl (C=O) groups excluding carboxylic acids is 1. The number of nitrogens with one attached hydrogen (secondary N) is 1. The summed E-state index contributed by atoms with van der Waals surface area (Å²) in [6.07, 6.45) is -1.75. The normalized spacial score (nSPS) is 16.8. The van der Waals surface area contributed by atoms with E-state index in [-0.39, 0.29) is 6.42 Å². The molecule has 0 spiro atoms. The van der Waals surface area contributed by atoms with Crippen molar-refractivity contribution in [2.24, 2.45) is 0 Å². The summed E-state index contributed by atoms with van der Waals surface area (Å²) >= 11 is 0. The summed E-state index contributed by atoms with van der Waals surface area (Å²) < 4.78 is 4.97. The highest BCUT2D eigenvalue weighted by atomic mass is 16.6. The van der Waals surface area contributed by atoms with E-state index in [1.807, 2.05) is 0 Å². The van der Waals surface area contributed by atoms with Gasteiger partial charge in [0.15, 0.2) is 0 Å². The smallest absolute Gasteiger partial charge is 0.408 e. The van der Waals surface area contributed by atoms with Gasteiger partial charge in [-0.25, -0.2) is 9.59 Å². The Bertz CT molecular complexity index is 295. The Morgan fingerprint density at radius 2 is 1.76 bits per heavy atom. The Balaban J connectivity index is 4.67. The Labute approximate surface area is 101 Å². The number of rotatable bonds is 4. The van der Waals surface area contributed by atoms with Gasteiger partial charge < -0.3 is 20.3 Å². The van der Waals surface area contributed by atoms with Crippen molar-refractivity contribution in [3.63, 3.8) is 0 Å². The van der Waals surface area contributed by atoms with E-state index >= 15 is 0 Å². The molecule has 0 radical (unpaired) electrons. The van der Waals surface area contributed by atoms with Crippen LogP contribution in [0, 0.1) is 0 Å². The van der Waals surface area contributed by atoms with Gasteiger partial charge in [-0.1, -0.05) is 0 Å². The fourth-order valence-corrected chi connectivity index (χ4v) is 1.31. The van der Waals surface area contributed by atoms with Crippen molar-refractivity contribution in [3.8, 4) is 0 Å². The van der Waals surface area contributed by atoms with Gasteiger partial charge in [0, 0.05) is 6.42 Å². The maximum absolute atomic E-state index is 11.5. The van der Waals surface area contributed by atoms with Crippen LogP contribution in [0.2, 0.25) is 0 Å². The molecule has 0 aliphatic heterocycles. The van der Waals surface area contributed by atoms with E-state index < -0.39 is 29.3 Å². The fraction of sp³-hybridized carbons (Fsp3) is 0.818. The number of carboxylic acids is 1. The first-order valence-electron chi connectivity index (χ1n) is 5.39. The first-order valence-corrected chi connectivity index (χ1v) is 5.39. The zero-order valence-corrected chi connectivity index (χ0v) is 10.9. The van der Waals surface area contributed by atoms with Gasteiger partial charge in [0.2, 0.25) is 0 Å². The molecule has 0 saturated carbocycles. The molecule has 6 heteroatoms. The molecule has 0 aromatic rings. The summed E-state index contributed by atoms with van der Waals surface area (Å²) in [6, 6.07) is 0. The topological polar surface area (TPSA) is 95.9 Å². The minimum Gasteiger partial charge on any atom is -0.480 e. The van der Waals surface area contributed by atoms with E-state index in [2.05, 4.69) is 5.32 Å². The summed E-state index contributed by atoms with van der Waals surface area (Å²) in [4.78, 5) is 22.6. The van der Waals surface area contributed by atoms with Gasteiger partial charge >= 0.3 is 12.1 Å². The van der Waals surface area contributed by atoms with Crippen LogP contribution in [0.4, 0.5) is 4.79 Å². The van der Waals surface area contributed by atoms with Crippen LogP contribution in [0.5, 0.6) is 0 Å². The van der Waals surface area contributed by atoms with E-state index in [0.29, 0.717) is 0 Å². The molecule has 0 aliphatic rings. The summed E-state index contributed by atoms with van der Waals surface area (Å²) in [7, 11) is 0. The maximum atomic E-state index is 11.5. The lowest BCUT2D eigenvalue weighted by molar-refractivity contribution is -0.145. The van der Waals surface area contributed by atoms with Crippen molar-refractivity contribution in [1.82, 2.24) is 5.32 Å². The van der Waals surface area contributed by atoms with Crippen molar-refractivity contribution >= 4 is 12.1 Å². The van der Waals surface area contributed by atoms with Gasteiger partial charge in [-0.15, -0.1) is 0 Å². The highest BCUT2D eigenvalue weighted by molar-refractivity contribution is 5.84. The van der Waals surface area contributed by atoms with Gasteiger partial charge in [0.1, 0.15) is 11.1 Å². The number of aliphatic hydroxyl groups excluding tert-OH is 1. The van der Waals surface area contributed by atoms with E-state index in [4.69, 9.17) is 9.84 Å². The predicted octanol–water partition coefficient (Wildman–Crippen LogP) is 1.13. The van der Waals surface area contributed by atoms with E-state index in [9.17, 15) is 14.7 Å². The molecule has 3 N–H and O–H groups in total. The van der Waals surface area contributed by atoms with Crippen LogP contribution < -0.4 is 5.32 Å². The molecule has 1 amide bonds. The van der Waals surface area contributed by atoms with Gasteiger partial charge in [-0.3, -0.25) is 0 Å². The second kappa shape index (κ2) is 5.35. The average Bonchev–Trinajstić information content (AvgIpc) is 1.96. The number of hydrogen-bond acceptors (Lipinski definition) is 4. The lowest BCUT2D eigenvalue weighted by Crippen LogP contribution is -2.54. The molecule has 0 fully saturated rings. The molecular formula is C11H21NO5. The van der Waals surface area contributed by atoms with Crippen molar-refractivity contribution < 1.29 is 24.5 Å². The molecule has 17 heavy (non-hydrogen) atoms. The summed E-state index contributed by atoms with van der Waals surface area (Å²) in [5.74, 6) is -1.22. The Hall–Kier alpha value is -1.30. The standard InChI is InChI=1S/C11H21NO5/c1-7(13)6-11(5,8(14)15)12-9(16)17-10(2,3)4/h7,13H,6H2,1-5H3,(H,12,16)(H,14,15)/t7?,11-/m1/s1. The number of carbonyl (C=O) groups is 2. The molecule has 100 valence electrons. The molecule has 0 bridgehead atoms. The third-order valence-electron chi connectivity index (χ3n) is 1.95. The molecule has 1 unspecified atom stereocenters. The molecule has 0 heterocycles. The first-order chi connectivity index (χ1) is 7.46. The number of alkyl carbamates (subject to hydrolysis) is 1. The number of hydrogen-bond donors (Lipinski definition) is 3. The van der Waals surface area contributed by atoms with Crippen LogP contribution in [0.1, 0.15) is 41.0 Å². The highest BCUT2D eigenvalue weighted by Crippen LogP contribution is 2.15. The number of aliphatic carboxylic acids is 1. The van der Waals surface area contributed by atoms with Crippen LogP contribution in [-0.4, -0.2) is 39.5 Å². The van der Waals surface area contributed by atoms with Crippen molar-refractivity contribution in [2.75, 3.05) is 0 Å². The predicted molar refractivity (Wildman–Crippen MR) is 61.7 cm³/mol. The molecule has 2 atom stereocenters. The van der Waals surface area contributed by atoms with Gasteiger partial charge in [0.25, 0.3) is 0 Å². The molecule has 0 saturated heterocycles. The van der Waals surface area contributed by atoms with Crippen LogP contribution in [0.15, 0.2) is 0 Å². The molecule has 0 aromatic heterocycles. The second-order valence-corrected chi connectivity index (χ2v) is 5.32. The van der Waals surface area contributed by atoms with Gasteiger partial charge in [0.05, 0.1) is 6.10 Å². The SMILES string of the molecule is CC(O)C[C@@](C)(NC(=O)OC(C)(C)C)C(=O)O. The van der Waals surface area contributed by atoms with E-state index in [1.165, 1.54) is 13.8 Å². The lowest BCUT2D eigenvalue weighted by atomic mass is 9.95. The van der Waals surface area contributed by atoms with Crippen molar-refractivity contribution in [1.29, 1.82) is 0 Å². The van der Waals surface area contributed by atoms with Crippen LogP contribution in [0.3, 0.4) is 0 Å². The minimum atomic E-state index is -1.55. The minimum absolute atomic E-state index is 0.0957.